The van der Waals surface area contributed by atoms with Crippen LogP contribution in [0.25, 0.3) is 11.1 Å². The molecule has 0 fully saturated rings. The number of hydrogen-bond donors (Lipinski definition) is 2. The van der Waals surface area contributed by atoms with Crippen LogP contribution in [0.3, 0.4) is 0 Å². The number of amides is 1. The van der Waals surface area contributed by atoms with Gasteiger partial charge in [-0.15, -0.1) is 0 Å². The second kappa shape index (κ2) is 11.4. The predicted octanol–water partition coefficient (Wildman–Crippen LogP) is 4.15. The van der Waals surface area contributed by atoms with Crippen LogP contribution in [0.1, 0.15) is 42.6 Å². The first kappa shape index (κ1) is 26.8. The molecule has 38 heavy (non-hydrogen) atoms. The van der Waals surface area contributed by atoms with Gasteiger partial charge >= 0.3 is 11.9 Å². The first-order valence-electron chi connectivity index (χ1n) is 12.2. The van der Waals surface area contributed by atoms with E-state index >= 15 is 0 Å². The second-order valence-corrected chi connectivity index (χ2v) is 9.74. The second-order valence-electron chi connectivity index (χ2n) is 9.74. The molecule has 9 heteroatoms. The van der Waals surface area contributed by atoms with Crippen LogP contribution in [0.5, 0.6) is 11.5 Å². The van der Waals surface area contributed by atoms with Crippen molar-refractivity contribution in [1.82, 2.24) is 5.32 Å². The molecule has 0 bridgehead atoms. The molecule has 3 aromatic rings. The number of carbonyl (C=O) groups excluding carboxylic acids is 3. The summed E-state index contributed by atoms with van der Waals surface area (Å²) in [5, 5.41) is 3.17. The Balaban J connectivity index is 1.42. The van der Waals surface area contributed by atoms with Gasteiger partial charge in [0.15, 0.2) is 11.5 Å². The Morgan fingerprint density at radius 2 is 1.63 bits per heavy atom. The molecule has 0 radical (unpaired) electrons. The van der Waals surface area contributed by atoms with Crippen LogP contribution in [-0.4, -0.2) is 36.2 Å². The lowest BCUT2D eigenvalue weighted by Gasteiger charge is -2.31. The minimum atomic E-state index is -0.963. The van der Waals surface area contributed by atoms with Gasteiger partial charge in [-0.25, -0.2) is 14.0 Å². The average molecular weight is 521 g/mol. The number of nitrogens with one attached hydrogen (secondary N) is 1. The monoisotopic (exact) mass is 520 g/mol. The van der Waals surface area contributed by atoms with E-state index in [4.69, 9.17) is 19.9 Å². The van der Waals surface area contributed by atoms with Crippen LogP contribution in [0.2, 0.25) is 0 Å². The fourth-order valence-corrected chi connectivity index (χ4v) is 4.27. The lowest BCUT2D eigenvalue weighted by atomic mass is 9.93. The van der Waals surface area contributed by atoms with Crippen LogP contribution in [0, 0.1) is 5.82 Å². The van der Waals surface area contributed by atoms with Crippen molar-refractivity contribution < 1.29 is 33.0 Å². The Morgan fingerprint density at radius 1 is 0.974 bits per heavy atom. The summed E-state index contributed by atoms with van der Waals surface area (Å²) < 4.78 is 29.2. The smallest absolute Gasteiger partial charge is 0.345 e. The van der Waals surface area contributed by atoms with Crippen molar-refractivity contribution in [2.75, 3.05) is 6.79 Å². The number of fused-ring (bicyclic) bond motifs is 1. The van der Waals surface area contributed by atoms with Gasteiger partial charge in [0.25, 0.3) is 0 Å². The summed E-state index contributed by atoms with van der Waals surface area (Å²) in [6.07, 6.45) is 0.443. The molecule has 198 valence electrons. The van der Waals surface area contributed by atoms with Gasteiger partial charge in [0.2, 0.25) is 12.7 Å². The SMILES string of the molecule is CC(C)(Cc1ccc(F)cc1)N[C@@H](CCC(N)=O)C(=O)OC(=O)c1ccc(-c2ccc3c(c2)OCO3)cc1. The molecule has 0 unspecified atom stereocenters. The van der Waals surface area contributed by atoms with Gasteiger partial charge < -0.3 is 19.9 Å². The van der Waals surface area contributed by atoms with Crippen molar-refractivity contribution in [3.63, 3.8) is 0 Å². The highest BCUT2D eigenvalue weighted by atomic mass is 19.1. The molecular weight excluding hydrogens is 491 g/mol. The van der Waals surface area contributed by atoms with Gasteiger partial charge in [0, 0.05) is 12.0 Å². The van der Waals surface area contributed by atoms with E-state index in [1.165, 1.54) is 12.1 Å². The summed E-state index contributed by atoms with van der Waals surface area (Å²) in [5.74, 6) is -1.23. The van der Waals surface area contributed by atoms with E-state index in [1.807, 2.05) is 32.0 Å². The summed E-state index contributed by atoms with van der Waals surface area (Å²) in [5.41, 5.74) is 7.42. The van der Waals surface area contributed by atoms with E-state index in [9.17, 15) is 18.8 Å². The Kier molecular flexibility index (Phi) is 8.07. The number of carbonyl (C=O) groups is 3. The Labute approximate surface area is 219 Å². The lowest BCUT2D eigenvalue weighted by molar-refractivity contribution is -0.141. The molecule has 3 N–H and O–H groups in total. The zero-order valence-corrected chi connectivity index (χ0v) is 21.2. The van der Waals surface area contributed by atoms with Crippen molar-refractivity contribution >= 4 is 17.8 Å². The highest BCUT2D eigenvalue weighted by Gasteiger charge is 2.30. The molecular formula is C29H29FN2O6. The van der Waals surface area contributed by atoms with Crippen LogP contribution in [0.15, 0.2) is 66.7 Å². The van der Waals surface area contributed by atoms with E-state index in [2.05, 4.69) is 5.32 Å². The van der Waals surface area contributed by atoms with Crippen molar-refractivity contribution in [2.45, 2.75) is 44.7 Å². The van der Waals surface area contributed by atoms with Crippen molar-refractivity contribution in [1.29, 1.82) is 0 Å². The molecule has 0 saturated heterocycles. The summed E-state index contributed by atoms with van der Waals surface area (Å²) in [6, 6.07) is 17.2. The summed E-state index contributed by atoms with van der Waals surface area (Å²) in [6.45, 7) is 3.89. The molecule has 0 saturated carbocycles. The van der Waals surface area contributed by atoms with E-state index in [0.29, 0.717) is 17.9 Å². The zero-order chi connectivity index (χ0) is 27.3. The number of halogens is 1. The summed E-state index contributed by atoms with van der Waals surface area (Å²) in [7, 11) is 0. The molecule has 1 heterocycles. The minimum absolute atomic E-state index is 0.0529. The van der Waals surface area contributed by atoms with Gasteiger partial charge in [0.05, 0.1) is 5.56 Å². The number of ether oxygens (including phenoxy) is 3. The molecule has 0 aromatic heterocycles. The highest BCUT2D eigenvalue weighted by Crippen LogP contribution is 2.36. The summed E-state index contributed by atoms with van der Waals surface area (Å²) >= 11 is 0. The third-order valence-corrected chi connectivity index (χ3v) is 6.11. The molecule has 0 aliphatic carbocycles. The Hall–Kier alpha value is -4.24. The number of esters is 2. The third-order valence-electron chi connectivity index (χ3n) is 6.11. The maximum atomic E-state index is 13.3. The van der Waals surface area contributed by atoms with Crippen molar-refractivity contribution in [3.05, 3.63) is 83.7 Å². The van der Waals surface area contributed by atoms with Crippen LogP contribution < -0.4 is 20.5 Å². The average Bonchev–Trinajstić information content (AvgIpc) is 3.35. The number of benzene rings is 3. The molecule has 0 spiro atoms. The number of nitrogens with two attached hydrogens (primary N) is 1. The minimum Gasteiger partial charge on any atom is -0.454 e. The van der Waals surface area contributed by atoms with Crippen molar-refractivity contribution in [3.8, 4) is 22.6 Å². The molecule has 3 aromatic carbocycles. The topological polar surface area (TPSA) is 117 Å². The Morgan fingerprint density at radius 3 is 2.32 bits per heavy atom. The fraction of sp³-hybridized carbons (Fsp3) is 0.276. The van der Waals surface area contributed by atoms with E-state index in [-0.39, 0.29) is 31.0 Å². The molecule has 1 aliphatic heterocycles. The molecule has 8 nitrogen and oxygen atoms in total. The van der Waals surface area contributed by atoms with Crippen LogP contribution in [0.4, 0.5) is 4.39 Å². The van der Waals surface area contributed by atoms with Gasteiger partial charge in [-0.2, -0.15) is 0 Å². The van der Waals surface area contributed by atoms with E-state index in [0.717, 1.165) is 16.7 Å². The zero-order valence-electron chi connectivity index (χ0n) is 21.2. The van der Waals surface area contributed by atoms with Gasteiger partial charge in [-0.1, -0.05) is 30.3 Å². The largest absolute Gasteiger partial charge is 0.454 e. The molecule has 1 amide bonds. The van der Waals surface area contributed by atoms with Gasteiger partial charge in [-0.05, 0) is 79.8 Å². The fourth-order valence-electron chi connectivity index (χ4n) is 4.27. The van der Waals surface area contributed by atoms with Crippen LogP contribution >= 0.6 is 0 Å². The first-order valence-corrected chi connectivity index (χ1v) is 12.2. The third kappa shape index (κ3) is 6.95. The summed E-state index contributed by atoms with van der Waals surface area (Å²) in [4.78, 5) is 37.1. The number of rotatable bonds is 10. The number of hydrogen-bond acceptors (Lipinski definition) is 7. The van der Waals surface area contributed by atoms with Crippen LogP contribution in [-0.2, 0) is 20.7 Å². The predicted molar refractivity (Wildman–Crippen MR) is 138 cm³/mol. The number of primary amides is 1. The quantitative estimate of drug-likeness (QED) is 0.305. The van der Waals surface area contributed by atoms with Crippen molar-refractivity contribution in [2.24, 2.45) is 5.73 Å². The normalized spacial score (nSPS) is 13.1. The van der Waals surface area contributed by atoms with E-state index in [1.54, 1.807) is 36.4 Å². The van der Waals surface area contributed by atoms with E-state index < -0.39 is 29.4 Å². The maximum Gasteiger partial charge on any atom is 0.345 e. The molecule has 4 rings (SSSR count). The Bertz CT molecular complexity index is 1320. The molecule has 1 atom stereocenters. The highest BCUT2D eigenvalue weighted by molar-refractivity contribution is 5.98. The van der Waals surface area contributed by atoms with Gasteiger partial charge in [-0.3, -0.25) is 10.1 Å². The van der Waals surface area contributed by atoms with Gasteiger partial charge in [0.1, 0.15) is 11.9 Å². The molecule has 1 aliphatic rings. The lowest BCUT2D eigenvalue weighted by Crippen LogP contribution is -2.51. The maximum absolute atomic E-state index is 13.3. The standard InChI is InChI=1S/C29H29FN2O6/c1-29(2,16-18-3-10-22(30)11-4-18)32-23(12-14-26(31)33)28(35)38-27(34)20-7-5-19(6-8-20)21-9-13-24-25(15-21)37-17-36-24/h3-11,13,15,23,32H,12,14,16-17H2,1-2H3,(H2,31,33)/t23-/m0/s1. The first-order chi connectivity index (χ1) is 18.1.